The number of aryl methyl sites for hydroxylation is 1. The van der Waals surface area contributed by atoms with Gasteiger partial charge < -0.3 is 19.7 Å². The maximum absolute atomic E-state index is 12.6. The van der Waals surface area contributed by atoms with Crippen LogP contribution in [0.4, 0.5) is 13.2 Å². The van der Waals surface area contributed by atoms with E-state index in [1.54, 1.807) is 24.3 Å². The predicted molar refractivity (Wildman–Crippen MR) is 142 cm³/mol. The molecule has 1 aromatic carbocycles. The summed E-state index contributed by atoms with van der Waals surface area (Å²) in [7, 11) is 0. The number of pyridine rings is 1. The number of alkyl halides is 3. The van der Waals surface area contributed by atoms with Crippen LogP contribution >= 0.6 is 0 Å². The van der Waals surface area contributed by atoms with Crippen molar-refractivity contribution in [2.75, 3.05) is 19.7 Å². The lowest BCUT2D eigenvalue weighted by Gasteiger charge is -2.27. The quantitative estimate of drug-likeness (QED) is 0.388. The van der Waals surface area contributed by atoms with E-state index in [-0.39, 0.29) is 48.0 Å². The largest absolute Gasteiger partial charge is 0.482 e. The molecule has 2 unspecified atom stereocenters. The van der Waals surface area contributed by atoms with Gasteiger partial charge >= 0.3 is 18.1 Å². The smallest absolute Gasteiger partial charge is 0.471 e. The minimum atomic E-state index is -4.99. The number of hydrogen-bond acceptors (Lipinski definition) is 7. The number of amides is 2. The van der Waals surface area contributed by atoms with Gasteiger partial charge in [0.1, 0.15) is 24.2 Å². The first-order chi connectivity index (χ1) is 19.2. The van der Waals surface area contributed by atoms with Crippen LogP contribution in [0.25, 0.3) is 0 Å². The summed E-state index contributed by atoms with van der Waals surface area (Å²) >= 11 is 0. The molecule has 3 heterocycles. The Morgan fingerprint density at radius 1 is 1.15 bits per heavy atom. The summed E-state index contributed by atoms with van der Waals surface area (Å²) in [4.78, 5) is 51.1. The standard InChI is InChI=1S/C19H19F3N2O3.C10H15NO3/c1-11-4-6-14(7-5-11)17(12(2)24-18(26)19(20,21)22)27-15-8-9-16(13(3)25)23-10-15;1-7-2-3-11(5-7)10(13)8-4-9(12)14-6-8/h4-10,12,17H,1-3H3,(H,24,26);7-8H,2-6H2,1H3/t12?,17-;7?,8-/m01/s1. The predicted octanol–water partition coefficient (Wildman–Crippen LogP) is 4.20. The summed E-state index contributed by atoms with van der Waals surface area (Å²) in [6, 6.07) is 9.00. The Bertz CT molecular complexity index is 1230. The van der Waals surface area contributed by atoms with Gasteiger partial charge in [-0.2, -0.15) is 13.2 Å². The molecular weight excluding hydrogens is 543 g/mol. The van der Waals surface area contributed by atoms with E-state index in [1.807, 2.05) is 17.1 Å². The fourth-order valence-corrected chi connectivity index (χ4v) is 4.45. The van der Waals surface area contributed by atoms with Crippen LogP contribution in [0.5, 0.6) is 5.75 Å². The summed E-state index contributed by atoms with van der Waals surface area (Å²) < 4.78 is 48.3. The SMILES string of the molecule is CC(=O)c1ccc(O[C@H](c2ccc(C)cc2)C(C)NC(=O)C(F)(F)F)cn1.CC1CCN(C(=O)[C@H]2COC(=O)C2)C1. The number of ether oxygens (including phenoxy) is 2. The van der Waals surface area contributed by atoms with Gasteiger partial charge in [0.15, 0.2) is 5.78 Å². The molecule has 9 nitrogen and oxygen atoms in total. The second-order valence-electron chi connectivity index (χ2n) is 10.4. The summed E-state index contributed by atoms with van der Waals surface area (Å²) in [5.41, 5.74) is 1.80. The van der Waals surface area contributed by atoms with Crippen molar-refractivity contribution in [1.82, 2.24) is 15.2 Å². The third kappa shape index (κ3) is 9.02. The van der Waals surface area contributed by atoms with Gasteiger partial charge in [-0.3, -0.25) is 19.2 Å². The average molecular weight is 578 g/mol. The van der Waals surface area contributed by atoms with E-state index in [4.69, 9.17) is 9.47 Å². The van der Waals surface area contributed by atoms with E-state index in [1.165, 1.54) is 32.2 Å². The van der Waals surface area contributed by atoms with Gasteiger partial charge in [0.25, 0.3) is 0 Å². The van der Waals surface area contributed by atoms with E-state index in [9.17, 15) is 32.3 Å². The highest BCUT2D eigenvalue weighted by Crippen LogP contribution is 2.27. The first kappa shape index (κ1) is 31.6. The normalized spacial score (nSPS) is 19.9. The first-order valence-corrected chi connectivity index (χ1v) is 13.3. The third-order valence-electron chi connectivity index (χ3n) is 6.78. The minimum absolute atomic E-state index is 0.0974. The summed E-state index contributed by atoms with van der Waals surface area (Å²) in [5, 5.41) is 1.92. The molecule has 1 aromatic heterocycles. The van der Waals surface area contributed by atoms with E-state index in [0.29, 0.717) is 11.5 Å². The Kier molecular flexibility index (Phi) is 10.5. The Morgan fingerprint density at radius 3 is 2.32 bits per heavy atom. The highest BCUT2D eigenvalue weighted by molar-refractivity contribution is 5.92. The first-order valence-electron chi connectivity index (χ1n) is 13.3. The molecule has 2 saturated heterocycles. The van der Waals surface area contributed by atoms with Crippen molar-refractivity contribution in [3.05, 3.63) is 59.4 Å². The van der Waals surface area contributed by atoms with Crippen LogP contribution in [0.2, 0.25) is 0 Å². The number of nitrogens with one attached hydrogen (secondary N) is 1. The van der Waals surface area contributed by atoms with Crippen LogP contribution in [-0.4, -0.2) is 65.4 Å². The number of cyclic esters (lactones) is 1. The molecule has 2 aliphatic rings. The van der Waals surface area contributed by atoms with Crippen molar-refractivity contribution in [3.8, 4) is 5.75 Å². The van der Waals surface area contributed by atoms with Crippen molar-refractivity contribution in [2.24, 2.45) is 11.8 Å². The van der Waals surface area contributed by atoms with Gasteiger partial charge in [-0.15, -0.1) is 0 Å². The zero-order valence-corrected chi connectivity index (χ0v) is 23.4. The van der Waals surface area contributed by atoms with Crippen molar-refractivity contribution >= 4 is 23.6 Å². The molecule has 0 radical (unpaired) electrons. The molecule has 12 heteroatoms. The fraction of sp³-hybridized carbons (Fsp3) is 0.483. The molecule has 4 atom stereocenters. The number of likely N-dealkylation sites (tertiary alicyclic amines) is 1. The second kappa shape index (κ2) is 13.6. The molecule has 41 heavy (non-hydrogen) atoms. The average Bonchev–Trinajstić information content (AvgIpc) is 3.55. The lowest BCUT2D eigenvalue weighted by molar-refractivity contribution is -0.174. The molecule has 0 bridgehead atoms. The number of rotatable bonds is 7. The number of carbonyl (C=O) groups is 4. The number of nitrogens with zero attached hydrogens (tertiary/aromatic N) is 2. The van der Waals surface area contributed by atoms with Gasteiger partial charge in [-0.05, 0) is 43.9 Å². The number of esters is 1. The molecule has 4 rings (SSSR count). The van der Waals surface area contributed by atoms with Crippen LogP contribution in [0.15, 0.2) is 42.6 Å². The molecule has 222 valence electrons. The highest BCUT2D eigenvalue weighted by Gasteiger charge is 2.40. The maximum atomic E-state index is 12.6. The lowest BCUT2D eigenvalue weighted by Crippen LogP contribution is -2.45. The van der Waals surface area contributed by atoms with Crippen LogP contribution < -0.4 is 10.1 Å². The van der Waals surface area contributed by atoms with Crippen LogP contribution in [0.1, 0.15) is 61.3 Å². The van der Waals surface area contributed by atoms with Gasteiger partial charge in [0, 0.05) is 20.0 Å². The van der Waals surface area contributed by atoms with Gasteiger partial charge in [-0.1, -0.05) is 36.8 Å². The summed E-state index contributed by atoms with van der Waals surface area (Å²) in [6.45, 7) is 8.76. The summed E-state index contributed by atoms with van der Waals surface area (Å²) in [6.07, 6.45) is -3.22. The third-order valence-corrected chi connectivity index (χ3v) is 6.78. The Labute approximate surface area is 236 Å². The number of hydrogen-bond donors (Lipinski definition) is 1. The summed E-state index contributed by atoms with van der Waals surface area (Å²) in [5.74, 6) is -1.76. The monoisotopic (exact) mass is 577 g/mol. The highest BCUT2D eigenvalue weighted by atomic mass is 19.4. The molecule has 0 spiro atoms. The lowest BCUT2D eigenvalue weighted by atomic mass is 10.0. The zero-order valence-electron chi connectivity index (χ0n) is 23.4. The van der Waals surface area contributed by atoms with E-state index in [0.717, 1.165) is 25.1 Å². The van der Waals surface area contributed by atoms with E-state index >= 15 is 0 Å². The van der Waals surface area contributed by atoms with Crippen molar-refractivity contribution in [1.29, 1.82) is 0 Å². The number of carbonyl (C=O) groups excluding carboxylic acids is 4. The van der Waals surface area contributed by atoms with E-state index in [2.05, 4.69) is 11.9 Å². The topological polar surface area (TPSA) is 115 Å². The number of benzene rings is 1. The molecule has 2 amide bonds. The van der Waals surface area contributed by atoms with Gasteiger partial charge in [0.2, 0.25) is 5.91 Å². The van der Waals surface area contributed by atoms with Crippen molar-refractivity contribution < 1.29 is 41.8 Å². The number of Topliss-reactive ketones (excluding diaryl/α,β-unsaturated/α-hetero) is 1. The molecule has 2 aromatic rings. The van der Waals surface area contributed by atoms with Crippen LogP contribution in [0.3, 0.4) is 0 Å². The molecule has 0 saturated carbocycles. The minimum Gasteiger partial charge on any atom is -0.482 e. The molecule has 1 N–H and O–H groups in total. The Balaban J connectivity index is 0.000000275. The van der Waals surface area contributed by atoms with Crippen LogP contribution in [-0.2, 0) is 19.1 Å². The van der Waals surface area contributed by atoms with Crippen LogP contribution in [0, 0.1) is 18.8 Å². The molecular formula is C29H34F3N3O6. The second-order valence-corrected chi connectivity index (χ2v) is 10.4. The number of aromatic nitrogens is 1. The fourth-order valence-electron chi connectivity index (χ4n) is 4.45. The number of halogens is 3. The molecule has 2 fully saturated rings. The molecule has 0 aliphatic carbocycles. The Morgan fingerprint density at radius 2 is 1.83 bits per heavy atom. The maximum Gasteiger partial charge on any atom is 0.471 e. The van der Waals surface area contributed by atoms with Crippen molar-refractivity contribution in [3.63, 3.8) is 0 Å². The number of ketones is 1. The molecule has 2 aliphatic heterocycles. The van der Waals surface area contributed by atoms with Crippen molar-refractivity contribution in [2.45, 2.75) is 58.9 Å². The van der Waals surface area contributed by atoms with Gasteiger partial charge in [-0.25, -0.2) is 4.98 Å². The zero-order chi connectivity index (χ0) is 30.3. The Hall–Kier alpha value is -3.96. The van der Waals surface area contributed by atoms with E-state index < -0.39 is 24.2 Å². The van der Waals surface area contributed by atoms with Gasteiger partial charge in [0.05, 0.1) is 24.6 Å².